The molecule has 0 spiro atoms. The van der Waals surface area contributed by atoms with E-state index >= 15 is 0 Å². The van der Waals surface area contributed by atoms with Crippen LogP contribution in [0.3, 0.4) is 0 Å². The van der Waals surface area contributed by atoms with Gasteiger partial charge in [-0.05, 0) is 69.6 Å². The first-order valence-electron chi connectivity index (χ1n) is 10.2. The summed E-state index contributed by atoms with van der Waals surface area (Å²) in [5.41, 5.74) is 4.56. The molecular formula is C26H40Cl2OZr. The molecule has 0 bridgehead atoms. The van der Waals surface area contributed by atoms with Crippen LogP contribution in [0.2, 0.25) is 0 Å². The topological polar surface area (TPSA) is 9.23 Å². The van der Waals surface area contributed by atoms with Crippen LogP contribution in [-0.2, 0) is 32.0 Å². The number of fused-ring (bicyclic) bond motifs is 1. The molecule has 2 aliphatic carbocycles. The van der Waals surface area contributed by atoms with Crippen molar-refractivity contribution < 1.29 is 25.6 Å². The Kier molecular flexibility index (Phi) is 20.9. The monoisotopic (exact) mass is 528 g/mol. The van der Waals surface area contributed by atoms with E-state index in [0.29, 0.717) is 0 Å². The second-order valence-electron chi connectivity index (χ2n) is 7.88. The average Bonchev–Trinajstić information content (AvgIpc) is 3.34. The van der Waals surface area contributed by atoms with Crippen LogP contribution in [0.4, 0.5) is 0 Å². The van der Waals surface area contributed by atoms with E-state index in [4.69, 9.17) is 21.8 Å². The van der Waals surface area contributed by atoms with Crippen molar-refractivity contribution in [3.63, 3.8) is 0 Å². The Hall–Kier alpha value is -0.137. The van der Waals surface area contributed by atoms with E-state index in [9.17, 15) is 0 Å². The summed E-state index contributed by atoms with van der Waals surface area (Å²) in [5, 5.41) is 0. The molecule has 0 heterocycles. The number of halogens is 2. The van der Waals surface area contributed by atoms with Gasteiger partial charge in [-0.25, -0.2) is 0 Å². The van der Waals surface area contributed by atoms with Crippen LogP contribution < -0.4 is 0 Å². The van der Waals surface area contributed by atoms with Crippen molar-refractivity contribution in [3.8, 4) is 0 Å². The molecule has 0 saturated carbocycles. The summed E-state index contributed by atoms with van der Waals surface area (Å²) < 4.78 is 5.74. The third kappa shape index (κ3) is 15.6. The van der Waals surface area contributed by atoms with E-state index in [1.165, 1.54) is 43.2 Å². The van der Waals surface area contributed by atoms with Crippen molar-refractivity contribution in [2.45, 2.75) is 71.3 Å². The summed E-state index contributed by atoms with van der Waals surface area (Å²) in [6, 6.07) is 8.82. The fourth-order valence-corrected chi connectivity index (χ4v) is 3.13. The first-order valence-corrected chi connectivity index (χ1v) is 16.5. The van der Waals surface area contributed by atoms with Gasteiger partial charge in [0.1, 0.15) is 0 Å². The molecule has 0 atom stereocenters. The van der Waals surface area contributed by atoms with Gasteiger partial charge in [0.2, 0.25) is 0 Å². The molecule has 3 rings (SSSR count). The summed E-state index contributed by atoms with van der Waals surface area (Å²) in [6.45, 7) is 7.26. The molecule has 4 heteroatoms. The van der Waals surface area contributed by atoms with Gasteiger partial charge < -0.3 is 19.6 Å². The number of unbranched alkanes of at least 4 members (excludes halogenated alkanes) is 3. The minimum atomic E-state index is -0.826. The summed E-state index contributed by atoms with van der Waals surface area (Å²) in [7, 11) is 9.87. The van der Waals surface area contributed by atoms with Gasteiger partial charge in [0.05, 0.1) is 5.60 Å². The van der Waals surface area contributed by atoms with Crippen LogP contribution in [0.1, 0.15) is 70.4 Å². The Balaban J connectivity index is 0. The van der Waals surface area contributed by atoms with Crippen molar-refractivity contribution in [1.82, 2.24) is 0 Å². The van der Waals surface area contributed by atoms with Crippen LogP contribution in [-0.4, -0.2) is 12.2 Å². The van der Waals surface area contributed by atoms with Crippen LogP contribution in [0.15, 0.2) is 54.6 Å². The minimum absolute atomic E-state index is 0. The average molecular weight is 531 g/mol. The molecule has 0 aromatic heterocycles. The Morgan fingerprint density at radius 2 is 1.53 bits per heavy atom. The molecule has 0 amide bonds. The number of hydrogen-bond donors (Lipinski definition) is 0. The number of hydrogen-bond acceptors (Lipinski definition) is 1. The van der Waals surface area contributed by atoms with E-state index in [0.717, 1.165) is 19.4 Å². The molecule has 168 valence electrons. The Bertz CT molecular complexity index is 620. The van der Waals surface area contributed by atoms with E-state index < -0.39 is 20.8 Å². The van der Waals surface area contributed by atoms with Gasteiger partial charge in [-0.3, -0.25) is 0 Å². The van der Waals surface area contributed by atoms with Gasteiger partial charge in [-0.1, -0.05) is 67.5 Å². The number of ether oxygens (including phenoxy) is 1. The van der Waals surface area contributed by atoms with E-state index in [2.05, 4.69) is 75.4 Å². The first-order chi connectivity index (χ1) is 13.5. The molecule has 1 aromatic rings. The third-order valence-corrected chi connectivity index (χ3v) is 4.46. The Morgan fingerprint density at radius 3 is 2.10 bits per heavy atom. The molecule has 0 radical (unpaired) electrons. The summed E-state index contributed by atoms with van der Waals surface area (Å²) >= 11 is -0.826. The predicted octanol–water partition coefficient (Wildman–Crippen LogP) is 9.17. The maximum atomic E-state index is 5.74. The van der Waals surface area contributed by atoms with Crippen LogP contribution in [0.5, 0.6) is 0 Å². The van der Waals surface area contributed by atoms with Crippen molar-refractivity contribution in [2.75, 3.05) is 6.61 Å². The van der Waals surface area contributed by atoms with Gasteiger partial charge in [-0.2, -0.15) is 0 Å². The molecule has 0 N–H and O–H groups in total. The Labute approximate surface area is 205 Å². The van der Waals surface area contributed by atoms with Gasteiger partial charge in [0.15, 0.2) is 0 Å². The first kappa shape index (κ1) is 32.0. The molecule has 0 aliphatic heterocycles. The van der Waals surface area contributed by atoms with Gasteiger partial charge in [0.25, 0.3) is 0 Å². The standard InChI is InChI=1S/C19H28O.C5H6.2CH3.2ClH.Zr/c1-19(2,3)20-15-9-5-4-6-10-16-13-14-17-11-7-8-12-18(16)17;1-2-4-5-3-1;;;;;/h7-8,11-13H,4-6,9-10,14-15H2,1-3H3;1-4H,5H2;2*1H3;2*1H;/q;;2*-1;;;+4/p-2. The zero-order chi connectivity index (χ0) is 20.7. The fourth-order valence-electron chi connectivity index (χ4n) is 3.13. The zero-order valence-corrected chi connectivity index (χ0v) is 23.5. The van der Waals surface area contributed by atoms with Gasteiger partial charge >= 0.3 is 37.9 Å². The van der Waals surface area contributed by atoms with E-state index in [1.54, 1.807) is 5.57 Å². The van der Waals surface area contributed by atoms with Crippen LogP contribution in [0.25, 0.3) is 5.57 Å². The summed E-state index contributed by atoms with van der Waals surface area (Å²) in [4.78, 5) is 0. The zero-order valence-electron chi connectivity index (χ0n) is 19.5. The van der Waals surface area contributed by atoms with E-state index in [1.807, 2.05) is 0 Å². The fraction of sp³-hybridized carbons (Fsp3) is 0.462. The normalized spacial score (nSPS) is 12.8. The molecule has 2 aliphatic rings. The molecule has 0 fully saturated rings. The molecule has 30 heavy (non-hydrogen) atoms. The Morgan fingerprint density at radius 1 is 0.933 bits per heavy atom. The van der Waals surface area contributed by atoms with Crippen LogP contribution in [0, 0.1) is 14.9 Å². The summed E-state index contributed by atoms with van der Waals surface area (Å²) in [5.74, 6) is 0. The maximum absolute atomic E-state index is 5.74. The van der Waals surface area contributed by atoms with Crippen molar-refractivity contribution in [1.29, 1.82) is 0 Å². The second kappa shape index (κ2) is 19.5. The molecule has 1 nitrogen and oxygen atoms in total. The van der Waals surface area contributed by atoms with Gasteiger partial charge in [-0.15, -0.1) is 0 Å². The van der Waals surface area contributed by atoms with Crippen molar-refractivity contribution in [3.05, 3.63) is 80.6 Å². The molecule has 0 unspecified atom stereocenters. The molecule has 1 aromatic carbocycles. The number of rotatable bonds is 7. The van der Waals surface area contributed by atoms with Gasteiger partial charge in [0, 0.05) is 6.61 Å². The number of allylic oxidation sites excluding steroid dienone is 6. The van der Waals surface area contributed by atoms with Crippen molar-refractivity contribution >= 4 is 22.6 Å². The molecule has 0 saturated heterocycles. The quantitative estimate of drug-likeness (QED) is 0.252. The van der Waals surface area contributed by atoms with Crippen molar-refractivity contribution in [2.24, 2.45) is 0 Å². The number of benzene rings is 1. The predicted molar refractivity (Wildman–Crippen MR) is 134 cm³/mol. The van der Waals surface area contributed by atoms with E-state index in [-0.39, 0.29) is 20.5 Å². The summed E-state index contributed by atoms with van der Waals surface area (Å²) in [6.07, 6.45) is 19.4. The third-order valence-electron chi connectivity index (χ3n) is 4.46. The SMILES string of the molecule is C1=CCC=C1.CC(C)(C)OCCCCCCC1=CCc2ccccc21.[CH3-].[CH3-].[Cl][Zr+2][Cl]. The van der Waals surface area contributed by atoms with Crippen LogP contribution >= 0.6 is 17.0 Å². The second-order valence-corrected chi connectivity index (χ2v) is 11.6. The molecular weight excluding hydrogens is 490 g/mol.